The molecule has 2 heterocycles. The quantitative estimate of drug-likeness (QED) is 0.0513. The maximum atomic E-state index is 15.5. The van der Waals surface area contributed by atoms with Gasteiger partial charge in [0.1, 0.15) is 54.7 Å². The van der Waals surface area contributed by atoms with Crippen LogP contribution in [0.15, 0.2) is 11.6 Å². The summed E-state index contributed by atoms with van der Waals surface area (Å²) < 4.78 is 41.1. The van der Waals surface area contributed by atoms with E-state index >= 15 is 4.79 Å². The lowest BCUT2D eigenvalue weighted by Gasteiger charge is -2.70. The summed E-state index contributed by atoms with van der Waals surface area (Å²) in [6, 6.07) is -3.19. The molecule has 22 atom stereocenters. The number of esters is 3. The Kier molecular flexibility index (Phi) is 20.7. The Morgan fingerprint density at radius 1 is 0.588 bits per heavy atom. The number of allylic oxidation sites excluding steroid dienone is 2. The number of carbonyl (C=O) groups excluding carboxylic acids is 7. The van der Waals surface area contributed by atoms with Crippen LogP contribution in [0.3, 0.4) is 0 Å². The predicted molar refractivity (Wildman–Crippen MR) is 307 cm³/mol. The van der Waals surface area contributed by atoms with Crippen molar-refractivity contribution in [3.63, 3.8) is 0 Å². The highest BCUT2D eigenvalue weighted by molar-refractivity contribution is 5.96. The van der Waals surface area contributed by atoms with Crippen molar-refractivity contribution in [2.75, 3.05) is 19.8 Å². The molecule has 7 aliphatic rings. The van der Waals surface area contributed by atoms with E-state index in [9.17, 15) is 54.3 Å². The van der Waals surface area contributed by atoms with Crippen molar-refractivity contribution in [2.45, 2.75) is 254 Å². The van der Waals surface area contributed by atoms with Gasteiger partial charge >= 0.3 is 17.9 Å². The predicted octanol–water partition coefficient (Wildman–Crippen LogP) is 4.10. The average Bonchev–Trinajstić information content (AvgIpc) is 0.688. The van der Waals surface area contributed by atoms with Crippen molar-refractivity contribution in [2.24, 2.45) is 68.0 Å². The number of nitrogens with one attached hydrogen (secondary N) is 3. The topological polar surface area (TPSA) is 321 Å². The number of rotatable bonds is 19. The molecule has 0 bridgehead atoms. The molecule has 0 aromatic rings. The minimum atomic E-state index is -2.09. The highest BCUT2D eigenvalue weighted by Crippen LogP contribution is 2.75. The molecule has 3 amide bonds. The van der Waals surface area contributed by atoms with Gasteiger partial charge in [-0.05, 0) is 141 Å². The maximum absolute atomic E-state index is 15.5. The lowest BCUT2D eigenvalue weighted by molar-refractivity contribution is -0.369. The fourth-order valence-corrected chi connectivity index (χ4v) is 16.4. The van der Waals surface area contributed by atoms with Crippen molar-refractivity contribution < 1.29 is 92.3 Å². The van der Waals surface area contributed by atoms with Crippen LogP contribution in [0.25, 0.3) is 0 Å². The number of carbonyl (C=O) groups is 7. The van der Waals surface area contributed by atoms with Crippen molar-refractivity contribution in [1.82, 2.24) is 16.0 Å². The first-order valence-electron chi connectivity index (χ1n) is 31.2. The van der Waals surface area contributed by atoms with Gasteiger partial charge in [0.2, 0.25) is 5.91 Å². The Balaban J connectivity index is 1.19. The van der Waals surface area contributed by atoms with E-state index in [0.29, 0.717) is 38.5 Å². The first-order chi connectivity index (χ1) is 39.5. The zero-order chi connectivity index (χ0) is 63.4. The summed E-state index contributed by atoms with van der Waals surface area (Å²) in [7, 11) is 0. The molecule has 0 radical (unpaired) electrons. The van der Waals surface area contributed by atoms with E-state index in [4.69, 9.17) is 33.2 Å². The highest BCUT2D eigenvalue weighted by atomic mass is 16.8. The summed E-state index contributed by atoms with van der Waals surface area (Å²) in [5.74, 6) is -6.00. The first kappa shape index (κ1) is 68.4. The third kappa shape index (κ3) is 12.5. The molecule has 6 fully saturated rings. The zero-order valence-electron chi connectivity index (χ0n) is 53.1. The Morgan fingerprint density at radius 2 is 1.07 bits per heavy atom. The van der Waals surface area contributed by atoms with E-state index in [-0.39, 0.29) is 54.7 Å². The molecule has 85 heavy (non-hydrogen) atoms. The van der Waals surface area contributed by atoms with Crippen LogP contribution in [-0.4, -0.2) is 172 Å². The molecule has 0 unspecified atom stereocenters. The van der Waals surface area contributed by atoms with E-state index in [1.165, 1.54) is 0 Å². The van der Waals surface area contributed by atoms with Gasteiger partial charge in [0.15, 0.2) is 30.6 Å². The van der Waals surface area contributed by atoms with Gasteiger partial charge in [-0.25, -0.2) is 14.4 Å². The van der Waals surface area contributed by atoms with Crippen LogP contribution in [0.4, 0.5) is 0 Å². The molecule has 2 aliphatic heterocycles. The monoisotopic (exact) mass is 1200 g/mol. The molecule has 482 valence electrons. The fraction of sp³-hybridized carbons (Fsp3) is 0.857. The minimum absolute atomic E-state index is 0.0109. The molecule has 0 spiro atoms. The number of aliphatic hydroxyl groups is 5. The standard InChI is InChI=1S/C63H101N3O19/c1-17-79-52(75)38(30(4)5)64-50(73)46-42(69)41(68)45(72)55(83-46)85-48-44(71)43(70)47(51(74)65-39(31(6)7)53(76)80-18-2)84-56(48)82-37-21-22-61(14)36(58(37,10)11)20-23-63(16)49(61)35(67)28-33-34-29-60(13,25-24-59(34,12)26-27-62(33,63)15)57(78)66-40(32(8)9)54(77)81-19-3/h28,30-32,34,36-49,55-56,68-72H,17-27,29H2,1-16H3,(H,64,73)(H,65,74)(H,66,78)/t34-,36-,37-,38-,39-,40-,41-,42-,43-,44-,45+,46-,47-,48+,49+,55-,56+,59+,60-,61-,62+,63+/m0/s1. The van der Waals surface area contributed by atoms with Crippen LogP contribution < -0.4 is 16.0 Å². The molecule has 4 saturated carbocycles. The second-order valence-corrected chi connectivity index (χ2v) is 28.6. The number of hydrogen-bond donors (Lipinski definition) is 8. The van der Waals surface area contributed by atoms with Crippen LogP contribution in [-0.2, 0) is 66.7 Å². The summed E-state index contributed by atoms with van der Waals surface area (Å²) in [5.41, 5.74) is -2.15. The summed E-state index contributed by atoms with van der Waals surface area (Å²) in [6.45, 7) is 30.8. The van der Waals surface area contributed by atoms with Crippen LogP contribution in [0, 0.1) is 68.0 Å². The lowest BCUT2D eigenvalue weighted by atomic mass is 9.33. The summed E-state index contributed by atoms with van der Waals surface area (Å²) in [4.78, 5) is 96.9. The van der Waals surface area contributed by atoms with Gasteiger partial charge < -0.3 is 74.6 Å². The van der Waals surface area contributed by atoms with Gasteiger partial charge in [-0.2, -0.15) is 0 Å². The molecule has 2 saturated heterocycles. The van der Waals surface area contributed by atoms with E-state index in [1.54, 1.807) is 48.5 Å². The molecule has 8 N–H and O–H groups in total. The number of ketones is 1. The maximum Gasteiger partial charge on any atom is 0.328 e. The summed E-state index contributed by atoms with van der Waals surface area (Å²) in [5, 5.41) is 65.8. The van der Waals surface area contributed by atoms with Crippen LogP contribution in [0.1, 0.15) is 169 Å². The molecular formula is C63H101N3O19. The molecule has 0 aromatic heterocycles. The second kappa shape index (κ2) is 25.8. The van der Waals surface area contributed by atoms with Gasteiger partial charge in [-0.1, -0.05) is 95.6 Å². The molecule has 5 aliphatic carbocycles. The second-order valence-electron chi connectivity index (χ2n) is 28.6. The van der Waals surface area contributed by atoms with Gasteiger partial charge in [-0.15, -0.1) is 0 Å². The SMILES string of the molecule is CCOC(=O)[C@@H](NC(=O)[C@H]1O[C@@H](O[C@H]2[C@H](O[C@H]3CC[C@]4(C)[C@H]5C(=O)C=C6[C@@H]7C[C@@](C)(C(=O)N[C@H](C(=O)OCC)C(C)C)CC[C@]7(C)CC[C@@]6(C)[C@]5(C)CC[C@H]4C3(C)C)O[C@H](C(=O)N[C@H](C(=O)OCC)C(C)C)[C@@H](O)[C@@H]2O)[C@H](O)[C@@H](O)[C@@H]1O)C(C)C. The van der Waals surface area contributed by atoms with Crippen LogP contribution >= 0.6 is 0 Å². The lowest BCUT2D eigenvalue weighted by Crippen LogP contribution is -2.69. The van der Waals surface area contributed by atoms with E-state index in [1.807, 2.05) is 40.7 Å². The third-order valence-corrected chi connectivity index (χ3v) is 21.8. The van der Waals surface area contributed by atoms with Crippen LogP contribution in [0.5, 0.6) is 0 Å². The van der Waals surface area contributed by atoms with Gasteiger partial charge in [0.05, 0.1) is 25.9 Å². The normalized spacial score (nSPS) is 40.7. The average molecular weight is 1200 g/mol. The number of hydrogen-bond acceptors (Lipinski definition) is 19. The number of fused-ring (bicyclic) bond motifs is 7. The molecule has 0 aromatic carbocycles. The summed E-state index contributed by atoms with van der Waals surface area (Å²) >= 11 is 0. The molecule has 7 rings (SSSR count). The minimum Gasteiger partial charge on any atom is -0.464 e. The van der Waals surface area contributed by atoms with Gasteiger partial charge in [-0.3, -0.25) is 19.2 Å². The highest BCUT2D eigenvalue weighted by Gasteiger charge is 2.71. The Labute approximate surface area is 501 Å². The summed E-state index contributed by atoms with van der Waals surface area (Å²) in [6.07, 6.45) is -12.8. The molecule has 22 nitrogen and oxygen atoms in total. The third-order valence-electron chi connectivity index (χ3n) is 21.8. The largest absolute Gasteiger partial charge is 0.464 e. The fourth-order valence-electron chi connectivity index (χ4n) is 16.4. The van der Waals surface area contributed by atoms with Gasteiger partial charge in [0.25, 0.3) is 11.8 Å². The first-order valence-corrected chi connectivity index (χ1v) is 31.2. The van der Waals surface area contributed by atoms with E-state index in [2.05, 4.69) is 43.6 Å². The molecule has 22 heteroatoms. The van der Waals surface area contributed by atoms with Crippen molar-refractivity contribution in [1.29, 1.82) is 0 Å². The zero-order valence-corrected chi connectivity index (χ0v) is 53.1. The van der Waals surface area contributed by atoms with Crippen LogP contribution in [0.2, 0.25) is 0 Å². The Hall–Kier alpha value is -4.13. The van der Waals surface area contributed by atoms with Crippen molar-refractivity contribution in [3.8, 4) is 0 Å². The van der Waals surface area contributed by atoms with Crippen molar-refractivity contribution >= 4 is 41.4 Å². The Morgan fingerprint density at radius 3 is 1.58 bits per heavy atom. The van der Waals surface area contributed by atoms with Crippen molar-refractivity contribution in [3.05, 3.63) is 11.6 Å². The van der Waals surface area contributed by atoms with Gasteiger partial charge in [0, 0.05) is 11.3 Å². The van der Waals surface area contributed by atoms with E-state index in [0.717, 1.165) is 24.8 Å². The molecular weight excluding hydrogens is 1100 g/mol. The number of aliphatic hydroxyl groups excluding tert-OH is 5. The Bertz CT molecular complexity index is 2520. The number of amides is 3. The smallest absolute Gasteiger partial charge is 0.328 e. The van der Waals surface area contributed by atoms with E-state index < -0.39 is 160 Å². The number of ether oxygens (including phenoxy) is 7.